The maximum absolute atomic E-state index is 9.87. The van der Waals surface area contributed by atoms with E-state index in [-0.39, 0.29) is 0 Å². The molecule has 0 bridgehead atoms. The number of carbonyl (C=O) groups excluding carboxylic acids is 1. The Morgan fingerprint density at radius 3 is 2.57 bits per heavy atom. The molecule has 0 atom stereocenters. The van der Waals surface area contributed by atoms with Gasteiger partial charge in [-0.3, -0.25) is 4.79 Å². The van der Waals surface area contributed by atoms with Crippen molar-refractivity contribution in [3.8, 4) is 0 Å². The molecule has 0 aliphatic carbocycles. The van der Waals surface area contributed by atoms with E-state index in [1.165, 1.54) is 0 Å². The summed E-state index contributed by atoms with van der Waals surface area (Å²) >= 11 is 2.12. The molecule has 0 aromatic heterocycles. The van der Waals surface area contributed by atoms with Crippen LogP contribution in [0.25, 0.3) is 0 Å². The quantitative estimate of drug-likeness (QED) is 0.385. The normalized spacial score (nSPS) is 8.29. The molecule has 0 aliphatic rings. The summed E-state index contributed by atoms with van der Waals surface area (Å²) in [6.45, 7) is 3.49. The lowest BCUT2D eigenvalue weighted by molar-refractivity contribution is -0.137. The van der Waals surface area contributed by atoms with Crippen LogP contribution in [0.1, 0.15) is 0 Å². The molecule has 0 aliphatic heterocycles. The molecule has 0 saturated carbocycles. The molecule has 41 valence electrons. The lowest BCUT2D eigenvalue weighted by Gasteiger charge is -1.92. The number of alkyl halides is 1. The van der Waals surface area contributed by atoms with Crippen LogP contribution in [0.4, 0.5) is 0 Å². The Kier molecular flexibility index (Phi) is 4.49. The van der Waals surface area contributed by atoms with Crippen LogP contribution in [0, 0.1) is 6.92 Å². The summed E-state index contributed by atoms with van der Waals surface area (Å²) in [6, 6.07) is 0. The Hall–Kier alpha value is 0.200. The van der Waals surface area contributed by atoms with Crippen LogP contribution >= 0.6 is 22.6 Å². The molecule has 0 spiro atoms. The van der Waals surface area contributed by atoms with Gasteiger partial charge < -0.3 is 4.74 Å². The second-order valence-corrected chi connectivity index (χ2v) is 1.99. The van der Waals surface area contributed by atoms with Crippen LogP contribution < -0.4 is 0 Å². The van der Waals surface area contributed by atoms with Crippen LogP contribution in [0.2, 0.25) is 0 Å². The fourth-order valence-electron chi connectivity index (χ4n) is 0.152. The van der Waals surface area contributed by atoms with Crippen molar-refractivity contribution in [3.05, 3.63) is 6.92 Å². The van der Waals surface area contributed by atoms with E-state index < -0.39 is 5.97 Å². The van der Waals surface area contributed by atoms with Crippen LogP contribution in [0.3, 0.4) is 0 Å². The van der Waals surface area contributed by atoms with Gasteiger partial charge in [0.05, 0.1) is 6.92 Å². The maximum Gasteiger partial charge on any atom is 0.306 e. The largest absolute Gasteiger partial charge is 0.465 e. The summed E-state index contributed by atoms with van der Waals surface area (Å²) in [7, 11) is 0. The number of hydrogen-bond donors (Lipinski definition) is 0. The molecule has 0 unspecified atom stereocenters. The smallest absolute Gasteiger partial charge is 0.306 e. The molecule has 3 heteroatoms. The second kappa shape index (κ2) is 4.36. The maximum atomic E-state index is 9.87. The zero-order valence-corrected chi connectivity index (χ0v) is 5.97. The molecule has 0 amide bonds. The van der Waals surface area contributed by atoms with Gasteiger partial charge in [0.1, 0.15) is 6.61 Å². The van der Waals surface area contributed by atoms with Gasteiger partial charge >= 0.3 is 5.97 Å². The molecule has 2 nitrogen and oxygen atoms in total. The first-order valence-electron chi connectivity index (χ1n) is 1.82. The first-order chi connectivity index (χ1) is 3.27. The van der Waals surface area contributed by atoms with Gasteiger partial charge in [-0.2, -0.15) is 0 Å². The van der Waals surface area contributed by atoms with Crippen molar-refractivity contribution in [2.45, 2.75) is 0 Å². The predicted octanol–water partition coefficient (Wildman–Crippen LogP) is 0.799. The molecular weight excluding hydrogens is 207 g/mol. The molecular formula is C4H6IO2. The average Bonchev–Trinajstić information content (AvgIpc) is 1.61. The predicted molar refractivity (Wildman–Crippen MR) is 35.2 cm³/mol. The zero-order valence-electron chi connectivity index (χ0n) is 3.82. The molecule has 0 rings (SSSR count). The minimum Gasteiger partial charge on any atom is -0.465 e. The number of ether oxygens (including phenoxy) is 1. The van der Waals surface area contributed by atoms with E-state index in [1.54, 1.807) is 0 Å². The number of halogens is 1. The Balaban J connectivity index is 2.82. The highest BCUT2D eigenvalue weighted by Crippen LogP contribution is 1.81. The van der Waals surface area contributed by atoms with E-state index in [1.807, 2.05) is 0 Å². The second-order valence-electron chi connectivity index (χ2n) is 0.909. The van der Waals surface area contributed by atoms with Gasteiger partial charge in [-0.1, -0.05) is 22.6 Å². The number of carbonyl (C=O) groups is 1. The standard InChI is InChI=1S/C4H6IO2/c1-4(6)7-3-2-5/h1-3H2. The van der Waals surface area contributed by atoms with E-state index in [0.29, 0.717) is 6.61 Å². The van der Waals surface area contributed by atoms with Crippen molar-refractivity contribution < 1.29 is 9.53 Å². The summed E-state index contributed by atoms with van der Waals surface area (Å²) in [5, 5.41) is 0. The summed E-state index contributed by atoms with van der Waals surface area (Å²) in [6.07, 6.45) is 0. The third kappa shape index (κ3) is 6.20. The van der Waals surface area contributed by atoms with Gasteiger partial charge in [0.15, 0.2) is 0 Å². The van der Waals surface area contributed by atoms with Crippen LogP contribution in [0.5, 0.6) is 0 Å². The Morgan fingerprint density at radius 1 is 1.86 bits per heavy atom. The van der Waals surface area contributed by atoms with Crippen molar-refractivity contribution in [2.75, 3.05) is 11.0 Å². The van der Waals surface area contributed by atoms with Crippen LogP contribution in [-0.2, 0) is 9.53 Å². The Labute approximate surface area is 56.4 Å². The molecule has 0 saturated heterocycles. The fourth-order valence-corrected chi connectivity index (χ4v) is 0.373. The third-order valence-corrected chi connectivity index (χ3v) is 0.781. The molecule has 0 heterocycles. The molecule has 0 aromatic carbocycles. The first kappa shape index (κ1) is 7.20. The van der Waals surface area contributed by atoms with Gasteiger partial charge in [-0.25, -0.2) is 0 Å². The summed E-state index contributed by atoms with van der Waals surface area (Å²) in [5.74, 6) is -0.448. The van der Waals surface area contributed by atoms with E-state index >= 15 is 0 Å². The minimum absolute atomic E-state index is 0.448. The molecule has 1 radical (unpaired) electrons. The minimum atomic E-state index is -0.448. The highest BCUT2D eigenvalue weighted by molar-refractivity contribution is 14.1. The van der Waals surface area contributed by atoms with Gasteiger partial charge in [0, 0.05) is 4.43 Å². The zero-order chi connectivity index (χ0) is 5.70. The SMILES string of the molecule is [CH2]C(=O)OCCI. The van der Waals surface area contributed by atoms with Crippen molar-refractivity contribution in [2.24, 2.45) is 0 Å². The monoisotopic (exact) mass is 213 g/mol. The number of hydrogen-bond acceptors (Lipinski definition) is 2. The molecule has 7 heavy (non-hydrogen) atoms. The highest BCUT2D eigenvalue weighted by atomic mass is 127. The van der Waals surface area contributed by atoms with Crippen molar-refractivity contribution in [1.82, 2.24) is 0 Å². The molecule has 0 aromatic rings. The Bertz CT molecular complexity index is 62.7. The number of esters is 1. The summed E-state index contributed by atoms with van der Waals surface area (Å²) in [5.41, 5.74) is 0. The topological polar surface area (TPSA) is 26.3 Å². The van der Waals surface area contributed by atoms with Crippen molar-refractivity contribution >= 4 is 28.6 Å². The lowest BCUT2D eigenvalue weighted by atomic mass is 10.8. The van der Waals surface area contributed by atoms with E-state index in [9.17, 15) is 4.79 Å². The van der Waals surface area contributed by atoms with Crippen LogP contribution in [0.15, 0.2) is 0 Å². The van der Waals surface area contributed by atoms with E-state index in [2.05, 4.69) is 34.3 Å². The van der Waals surface area contributed by atoms with Gasteiger partial charge in [0.2, 0.25) is 0 Å². The average molecular weight is 213 g/mol. The van der Waals surface area contributed by atoms with E-state index in [0.717, 1.165) is 4.43 Å². The van der Waals surface area contributed by atoms with Crippen molar-refractivity contribution in [3.63, 3.8) is 0 Å². The van der Waals surface area contributed by atoms with Gasteiger partial charge in [-0.05, 0) is 0 Å². The lowest BCUT2D eigenvalue weighted by Crippen LogP contribution is -2.00. The van der Waals surface area contributed by atoms with Gasteiger partial charge in [-0.15, -0.1) is 0 Å². The molecule has 0 fully saturated rings. The van der Waals surface area contributed by atoms with Gasteiger partial charge in [0.25, 0.3) is 0 Å². The Morgan fingerprint density at radius 2 is 2.43 bits per heavy atom. The highest BCUT2D eigenvalue weighted by Gasteiger charge is 1.86. The summed E-state index contributed by atoms with van der Waals surface area (Å²) in [4.78, 5) is 9.87. The summed E-state index contributed by atoms with van der Waals surface area (Å²) < 4.78 is 5.27. The van der Waals surface area contributed by atoms with Crippen LogP contribution in [-0.4, -0.2) is 17.0 Å². The number of rotatable bonds is 2. The van der Waals surface area contributed by atoms with Crippen molar-refractivity contribution in [1.29, 1.82) is 0 Å². The molecule has 0 N–H and O–H groups in total. The van der Waals surface area contributed by atoms with E-state index in [4.69, 9.17) is 0 Å². The third-order valence-electron chi connectivity index (χ3n) is 0.340. The first-order valence-corrected chi connectivity index (χ1v) is 3.34. The fraction of sp³-hybridized carbons (Fsp3) is 0.500.